The van der Waals surface area contributed by atoms with Crippen molar-refractivity contribution in [1.82, 2.24) is 0 Å². The average molecular weight is 204 g/mol. The predicted molar refractivity (Wildman–Crippen MR) is 55.3 cm³/mol. The molecule has 0 fully saturated rings. The lowest BCUT2D eigenvalue weighted by Crippen LogP contribution is -1.98. The molecule has 3 nitrogen and oxygen atoms in total. The van der Waals surface area contributed by atoms with Crippen LogP contribution in [0, 0.1) is 0 Å². The van der Waals surface area contributed by atoms with Gasteiger partial charge in [0.2, 0.25) is 0 Å². The molecule has 78 valence electrons. The molecule has 2 atom stereocenters. The van der Waals surface area contributed by atoms with Gasteiger partial charge in [0, 0.05) is 11.6 Å². The van der Waals surface area contributed by atoms with E-state index in [9.17, 15) is 0 Å². The van der Waals surface area contributed by atoms with Crippen LogP contribution >= 0.6 is 0 Å². The van der Waals surface area contributed by atoms with Gasteiger partial charge < -0.3 is 14.2 Å². The van der Waals surface area contributed by atoms with Crippen LogP contribution in [0.25, 0.3) is 0 Å². The van der Waals surface area contributed by atoms with E-state index in [0.717, 1.165) is 17.1 Å². The highest BCUT2D eigenvalue weighted by Gasteiger charge is 2.36. The number of benzene rings is 1. The van der Waals surface area contributed by atoms with Crippen LogP contribution in [0.3, 0.4) is 0 Å². The lowest BCUT2D eigenvalue weighted by atomic mass is 9.95. The molecule has 0 aliphatic carbocycles. The molecule has 2 aliphatic rings. The van der Waals surface area contributed by atoms with E-state index in [4.69, 9.17) is 14.2 Å². The van der Waals surface area contributed by atoms with Crippen molar-refractivity contribution in [3.8, 4) is 11.5 Å². The number of hydrogen-bond donors (Lipinski definition) is 0. The van der Waals surface area contributed by atoms with Crippen LogP contribution in [-0.2, 0) is 4.74 Å². The fraction of sp³-hybridized carbons (Fsp3) is 0.333. The highest BCUT2D eigenvalue weighted by atomic mass is 16.5. The summed E-state index contributed by atoms with van der Waals surface area (Å²) in [6.45, 7) is 0. The minimum atomic E-state index is 0.0610. The summed E-state index contributed by atoms with van der Waals surface area (Å²) in [5, 5.41) is 0. The third-order valence-corrected chi connectivity index (χ3v) is 2.95. The van der Waals surface area contributed by atoms with Gasteiger partial charge in [0.05, 0.1) is 14.2 Å². The summed E-state index contributed by atoms with van der Waals surface area (Å²) in [7, 11) is 3.33. The van der Waals surface area contributed by atoms with Gasteiger partial charge in [-0.05, 0) is 11.6 Å². The smallest absolute Gasteiger partial charge is 0.129 e. The van der Waals surface area contributed by atoms with E-state index in [-0.39, 0.29) is 12.2 Å². The Morgan fingerprint density at radius 2 is 1.87 bits per heavy atom. The lowest BCUT2D eigenvalue weighted by Gasteiger charge is -2.13. The second-order valence-corrected chi connectivity index (χ2v) is 3.69. The van der Waals surface area contributed by atoms with Crippen LogP contribution < -0.4 is 9.47 Å². The summed E-state index contributed by atoms with van der Waals surface area (Å²) in [5.74, 6) is 1.66. The maximum Gasteiger partial charge on any atom is 0.129 e. The van der Waals surface area contributed by atoms with Gasteiger partial charge in [-0.3, -0.25) is 0 Å². The van der Waals surface area contributed by atoms with E-state index in [1.54, 1.807) is 14.2 Å². The summed E-state index contributed by atoms with van der Waals surface area (Å²) in [4.78, 5) is 0. The molecule has 3 heteroatoms. The van der Waals surface area contributed by atoms with Gasteiger partial charge in [-0.25, -0.2) is 0 Å². The second kappa shape index (κ2) is 3.00. The van der Waals surface area contributed by atoms with Crippen molar-refractivity contribution in [2.24, 2.45) is 0 Å². The number of fused-ring (bicyclic) bond motifs is 5. The van der Waals surface area contributed by atoms with Crippen molar-refractivity contribution < 1.29 is 14.2 Å². The van der Waals surface area contributed by atoms with E-state index < -0.39 is 0 Å². The van der Waals surface area contributed by atoms with Crippen LogP contribution in [0.4, 0.5) is 0 Å². The summed E-state index contributed by atoms with van der Waals surface area (Å²) in [5.41, 5.74) is 2.31. The number of hydrogen-bond acceptors (Lipinski definition) is 3. The first kappa shape index (κ1) is 8.80. The molecule has 0 unspecified atom stereocenters. The number of ether oxygens (including phenoxy) is 3. The van der Waals surface area contributed by atoms with Gasteiger partial charge in [0.25, 0.3) is 0 Å². The third-order valence-electron chi connectivity index (χ3n) is 2.95. The molecule has 1 aromatic carbocycles. The molecule has 0 saturated carbocycles. The zero-order valence-corrected chi connectivity index (χ0v) is 8.69. The van der Waals surface area contributed by atoms with Crippen molar-refractivity contribution in [3.63, 3.8) is 0 Å². The molecule has 3 rings (SSSR count). The van der Waals surface area contributed by atoms with Crippen LogP contribution in [0.5, 0.6) is 11.5 Å². The van der Waals surface area contributed by atoms with Gasteiger partial charge in [-0.2, -0.15) is 0 Å². The van der Waals surface area contributed by atoms with Crippen LogP contribution in [0.2, 0.25) is 0 Å². The van der Waals surface area contributed by atoms with E-state index >= 15 is 0 Å². The Balaban J connectivity index is 2.19. The molecule has 0 radical (unpaired) electrons. The standard InChI is InChI=1S/C12H12O3/c1-13-7-5-8-9-3-4-10(15-9)12(8)11(6-7)14-2/h3-6,9-10H,1-2H3/t9-,10+/m1/s1. The molecule has 0 aromatic heterocycles. The zero-order chi connectivity index (χ0) is 10.4. The minimum Gasteiger partial charge on any atom is -0.497 e. The summed E-state index contributed by atoms with van der Waals surface area (Å²) >= 11 is 0. The van der Waals surface area contributed by atoms with Crippen LogP contribution in [0.1, 0.15) is 23.3 Å². The van der Waals surface area contributed by atoms with Gasteiger partial charge in [-0.1, -0.05) is 12.2 Å². The number of methoxy groups -OCH3 is 2. The molecular formula is C12H12O3. The topological polar surface area (TPSA) is 27.7 Å². The Labute approximate surface area is 88.3 Å². The van der Waals surface area contributed by atoms with Gasteiger partial charge in [0.15, 0.2) is 0 Å². The molecule has 1 aromatic rings. The highest BCUT2D eigenvalue weighted by molar-refractivity contribution is 5.55. The molecule has 0 N–H and O–H groups in total. The van der Waals surface area contributed by atoms with E-state index in [1.807, 2.05) is 12.1 Å². The molecule has 0 spiro atoms. The average Bonchev–Trinajstić information content (AvgIpc) is 2.88. The van der Waals surface area contributed by atoms with E-state index in [1.165, 1.54) is 5.56 Å². The molecule has 2 bridgehead atoms. The Hall–Kier alpha value is -1.48. The summed E-state index contributed by atoms with van der Waals surface area (Å²) in [6, 6.07) is 3.92. The molecular weight excluding hydrogens is 192 g/mol. The Morgan fingerprint density at radius 1 is 1.07 bits per heavy atom. The molecule has 0 amide bonds. The van der Waals surface area contributed by atoms with E-state index in [0.29, 0.717) is 0 Å². The SMILES string of the molecule is COc1cc(OC)c2c(c1)[C@H]1C=C[C@@H]2O1. The maximum absolute atomic E-state index is 5.74. The van der Waals surface area contributed by atoms with Crippen molar-refractivity contribution in [1.29, 1.82) is 0 Å². The zero-order valence-electron chi connectivity index (χ0n) is 8.69. The van der Waals surface area contributed by atoms with Gasteiger partial charge in [0.1, 0.15) is 23.7 Å². The fourth-order valence-electron chi connectivity index (χ4n) is 2.24. The summed E-state index contributed by atoms with van der Waals surface area (Å²) < 4.78 is 16.3. The quantitative estimate of drug-likeness (QED) is 0.692. The third kappa shape index (κ3) is 1.10. The Morgan fingerprint density at radius 3 is 2.60 bits per heavy atom. The Kier molecular flexibility index (Phi) is 1.76. The molecule has 0 saturated heterocycles. The molecule has 15 heavy (non-hydrogen) atoms. The molecule has 2 heterocycles. The van der Waals surface area contributed by atoms with Crippen molar-refractivity contribution in [2.45, 2.75) is 12.2 Å². The van der Waals surface area contributed by atoms with Gasteiger partial charge >= 0.3 is 0 Å². The predicted octanol–water partition coefficient (Wildman–Crippen LogP) is 2.39. The van der Waals surface area contributed by atoms with Crippen molar-refractivity contribution >= 4 is 0 Å². The first-order valence-electron chi connectivity index (χ1n) is 4.93. The monoisotopic (exact) mass is 204 g/mol. The largest absolute Gasteiger partial charge is 0.497 e. The molecule has 2 aliphatic heterocycles. The summed E-state index contributed by atoms with van der Waals surface area (Å²) in [6.07, 6.45) is 4.29. The first-order chi connectivity index (χ1) is 7.33. The fourth-order valence-corrected chi connectivity index (χ4v) is 2.24. The first-order valence-corrected chi connectivity index (χ1v) is 4.93. The van der Waals surface area contributed by atoms with E-state index in [2.05, 4.69) is 12.2 Å². The lowest BCUT2D eigenvalue weighted by molar-refractivity contribution is 0.0870. The van der Waals surface area contributed by atoms with Crippen molar-refractivity contribution in [3.05, 3.63) is 35.4 Å². The van der Waals surface area contributed by atoms with Crippen LogP contribution in [0.15, 0.2) is 24.3 Å². The maximum atomic E-state index is 5.74. The van der Waals surface area contributed by atoms with Crippen molar-refractivity contribution in [2.75, 3.05) is 14.2 Å². The normalized spacial score (nSPS) is 25.5. The Bertz CT molecular complexity index is 437. The second-order valence-electron chi connectivity index (χ2n) is 3.69. The van der Waals surface area contributed by atoms with Gasteiger partial charge in [-0.15, -0.1) is 0 Å². The highest BCUT2D eigenvalue weighted by Crippen LogP contribution is 2.50. The van der Waals surface area contributed by atoms with Crippen LogP contribution in [-0.4, -0.2) is 14.2 Å². The number of rotatable bonds is 2. The minimum absolute atomic E-state index is 0.0610.